The Morgan fingerprint density at radius 2 is 2.18 bits per heavy atom. The van der Waals surface area contributed by atoms with Gasteiger partial charge in [-0.25, -0.2) is 4.98 Å². The van der Waals surface area contributed by atoms with Crippen LogP contribution >= 0.6 is 11.3 Å². The molecule has 0 aliphatic heterocycles. The Hall–Kier alpha value is -0.410. The van der Waals surface area contributed by atoms with Crippen molar-refractivity contribution < 1.29 is 5.11 Å². The van der Waals surface area contributed by atoms with Crippen molar-refractivity contribution >= 4 is 11.3 Å². The minimum Gasteiger partial charge on any atom is -0.393 e. The van der Waals surface area contributed by atoms with Crippen molar-refractivity contribution in [1.29, 1.82) is 0 Å². The summed E-state index contributed by atoms with van der Waals surface area (Å²) in [6.07, 6.45) is 5.47. The van der Waals surface area contributed by atoms with Gasteiger partial charge in [0.05, 0.1) is 16.8 Å². The average Bonchev–Trinajstić information content (AvgIpc) is 2.59. The van der Waals surface area contributed by atoms with E-state index in [0.717, 1.165) is 29.5 Å². The normalized spacial score (nSPS) is 19.1. The second kappa shape index (κ2) is 5.07. The van der Waals surface area contributed by atoms with Gasteiger partial charge in [0.25, 0.3) is 0 Å². The highest BCUT2D eigenvalue weighted by molar-refractivity contribution is 7.09. The predicted molar refractivity (Wildman–Crippen MR) is 72.5 cm³/mol. The second-order valence-corrected chi connectivity index (χ2v) is 7.21. The van der Waals surface area contributed by atoms with Crippen molar-refractivity contribution in [2.75, 3.05) is 0 Å². The Morgan fingerprint density at radius 3 is 2.65 bits per heavy atom. The van der Waals surface area contributed by atoms with E-state index in [1.165, 1.54) is 19.3 Å². The molecule has 1 aliphatic carbocycles. The highest BCUT2D eigenvalue weighted by Gasteiger charge is 2.22. The van der Waals surface area contributed by atoms with Gasteiger partial charge >= 0.3 is 0 Å². The van der Waals surface area contributed by atoms with Crippen molar-refractivity contribution in [3.8, 4) is 0 Å². The van der Waals surface area contributed by atoms with Crippen LogP contribution in [0, 0.1) is 5.92 Å². The van der Waals surface area contributed by atoms with Crippen LogP contribution in [0.15, 0.2) is 5.38 Å². The van der Waals surface area contributed by atoms with Gasteiger partial charge in [-0.1, -0.05) is 40.0 Å². The number of aromatic nitrogens is 1. The fraction of sp³-hybridized carbons (Fsp3) is 0.786. The van der Waals surface area contributed by atoms with Crippen LogP contribution in [0.25, 0.3) is 0 Å². The molecular weight excluding hydrogens is 230 g/mol. The van der Waals surface area contributed by atoms with E-state index < -0.39 is 0 Å². The van der Waals surface area contributed by atoms with E-state index in [2.05, 4.69) is 31.1 Å². The molecule has 1 aromatic heterocycles. The summed E-state index contributed by atoms with van der Waals surface area (Å²) in [6.45, 7) is 6.53. The summed E-state index contributed by atoms with van der Waals surface area (Å²) < 4.78 is 0. The van der Waals surface area contributed by atoms with Crippen LogP contribution in [0.5, 0.6) is 0 Å². The molecule has 0 aromatic carbocycles. The summed E-state index contributed by atoms with van der Waals surface area (Å²) in [5.74, 6) is 0.770. The Balaban J connectivity index is 1.87. The summed E-state index contributed by atoms with van der Waals surface area (Å²) in [7, 11) is 0. The van der Waals surface area contributed by atoms with Gasteiger partial charge in [-0.2, -0.15) is 0 Å². The van der Waals surface area contributed by atoms with E-state index >= 15 is 0 Å². The minimum atomic E-state index is -0.195. The van der Waals surface area contributed by atoms with Crippen LogP contribution in [-0.4, -0.2) is 16.2 Å². The van der Waals surface area contributed by atoms with Gasteiger partial charge in [0, 0.05) is 17.2 Å². The van der Waals surface area contributed by atoms with E-state index in [0.29, 0.717) is 0 Å². The third-order valence-corrected chi connectivity index (χ3v) is 4.43. The number of nitrogens with zero attached hydrogens (tertiary/aromatic N) is 1. The number of hydrogen-bond acceptors (Lipinski definition) is 3. The quantitative estimate of drug-likeness (QED) is 0.890. The van der Waals surface area contributed by atoms with Gasteiger partial charge in [-0.15, -0.1) is 11.3 Å². The van der Waals surface area contributed by atoms with Gasteiger partial charge < -0.3 is 5.11 Å². The van der Waals surface area contributed by atoms with Crippen molar-refractivity contribution in [2.24, 2.45) is 5.92 Å². The first-order valence-corrected chi connectivity index (χ1v) is 7.46. The molecule has 1 N–H and O–H groups in total. The Kier molecular flexibility index (Phi) is 3.88. The molecule has 1 atom stereocenters. The van der Waals surface area contributed by atoms with E-state index in [1.54, 1.807) is 11.3 Å². The fourth-order valence-corrected chi connectivity index (χ4v) is 3.24. The molecule has 1 fully saturated rings. The van der Waals surface area contributed by atoms with E-state index in [1.807, 2.05) is 0 Å². The van der Waals surface area contributed by atoms with E-state index in [9.17, 15) is 5.11 Å². The Labute approximate surface area is 108 Å². The number of hydrogen-bond donors (Lipinski definition) is 1. The molecule has 2 nitrogen and oxygen atoms in total. The van der Waals surface area contributed by atoms with Gasteiger partial charge in [-0.05, 0) is 12.3 Å². The van der Waals surface area contributed by atoms with E-state index in [4.69, 9.17) is 0 Å². The lowest BCUT2D eigenvalue weighted by atomic mass is 9.81. The zero-order chi connectivity index (χ0) is 12.5. The first-order chi connectivity index (χ1) is 7.95. The van der Waals surface area contributed by atoms with Gasteiger partial charge in [-0.3, -0.25) is 0 Å². The molecule has 96 valence electrons. The standard InChI is InChI=1S/C14H23NOS/c1-14(2,3)12-9-17-13(15-12)8-11(16)7-10-5-4-6-10/h9-11,16H,4-8H2,1-3H3. The maximum absolute atomic E-state index is 10.0. The molecule has 17 heavy (non-hydrogen) atoms. The molecule has 2 rings (SSSR count). The first-order valence-electron chi connectivity index (χ1n) is 6.58. The number of aliphatic hydroxyl groups is 1. The lowest BCUT2D eigenvalue weighted by Crippen LogP contribution is -2.21. The molecule has 1 aliphatic rings. The largest absolute Gasteiger partial charge is 0.393 e. The monoisotopic (exact) mass is 253 g/mol. The predicted octanol–water partition coefficient (Wildman–Crippen LogP) is 3.53. The minimum absolute atomic E-state index is 0.119. The molecule has 0 bridgehead atoms. The zero-order valence-electron chi connectivity index (χ0n) is 11.1. The van der Waals surface area contributed by atoms with E-state index in [-0.39, 0.29) is 11.5 Å². The van der Waals surface area contributed by atoms with Crippen LogP contribution in [0.3, 0.4) is 0 Å². The number of thiazole rings is 1. The fourth-order valence-electron chi connectivity index (χ4n) is 2.15. The SMILES string of the molecule is CC(C)(C)c1csc(CC(O)CC2CCC2)n1. The summed E-state index contributed by atoms with van der Waals surface area (Å²) in [6, 6.07) is 0. The highest BCUT2D eigenvalue weighted by atomic mass is 32.1. The molecule has 3 heteroatoms. The molecule has 1 aromatic rings. The van der Waals surface area contributed by atoms with Crippen LogP contribution in [0.1, 0.15) is 57.2 Å². The number of aliphatic hydroxyl groups excluding tert-OH is 1. The van der Waals surface area contributed by atoms with Crippen LogP contribution in [-0.2, 0) is 11.8 Å². The van der Waals surface area contributed by atoms with Crippen molar-refractivity contribution in [3.63, 3.8) is 0 Å². The Morgan fingerprint density at radius 1 is 1.47 bits per heavy atom. The topological polar surface area (TPSA) is 33.1 Å². The first kappa shape index (κ1) is 13.0. The van der Waals surface area contributed by atoms with Crippen molar-refractivity contribution in [3.05, 3.63) is 16.1 Å². The lowest BCUT2D eigenvalue weighted by Gasteiger charge is -2.27. The second-order valence-electron chi connectivity index (χ2n) is 6.27. The molecule has 0 spiro atoms. The molecule has 0 amide bonds. The van der Waals surface area contributed by atoms with Gasteiger partial charge in [0.2, 0.25) is 0 Å². The van der Waals surface area contributed by atoms with Crippen LogP contribution in [0.2, 0.25) is 0 Å². The number of rotatable bonds is 4. The molecule has 0 saturated heterocycles. The maximum atomic E-state index is 10.0. The molecule has 0 radical (unpaired) electrons. The third kappa shape index (κ3) is 3.52. The maximum Gasteiger partial charge on any atom is 0.0954 e. The van der Waals surface area contributed by atoms with Crippen molar-refractivity contribution in [1.82, 2.24) is 4.98 Å². The summed E-state index contributed by atoms with van der Waals surface area (Å²) in [4.78, 5) is 4.63. The molecule has 1 heterocycles. The average molecular weight is 253 g/mol. The smallest absolute Gasteiger partial charge is 0.0954 e. The summed E-state index contributed by atoms with van der Waals surface area (Å²) in [5, 5.41) is 13.2. The van der Waals surface area contributed by atoms with Crippen LogP contribution in [0.4, 0.5) is 0 Å². The van der Waals surface area contributed by atoms with Gasteiger partial charge in [0.1, 0.15) is 0 Å². The van der Waals surface area contributed by atoms with Crippen LogP contribution < -0.4 is 0 Å². The highest BCUT2D eigenvalue weighted by Crippen LogP contribution is 2.31. The molecule has 1 saturated carbocycles. The molecular formula is C14H23NOS. The lowest BCUT2D eigenvalue weighted by molar-refractivity contribution is 0.117. The third-order valence-electron chi connectivity index (χ3n) is 3.56. The van der Waals surface area contributed by atoms with Gasteiger partial charge in [0.15, 0.2) is 0 Å². The zero-order valence-corrected chi connectivity index (χ0v) is 11.9. The molecule has 1 unspecified atom stereocenters. The summed E-state index contributed by atoms with van der Waals surface area (Å²) in [5.41, 5.74) is 1.27. The summed E-state index contributed by atoms with van der Waals surface area (Å²) >= 11 is 1.69. The van der Waals surface area contributed by atoms with Crippen molar-refractivity contribution in [2.45, 2.75) is 64.4 Å². The Bertz CT molecular complexity index is 363.